The third-order valence-electron chi connectivity index (χ3n) is 2.40. The van der Waals surface area contributed by atoms with Crippen LogP contribution >= 0.6 is 31.9 Å². The van der Waals surface area contributed by atoms with E-state index in [0.29, 0.717) is 5.69 Å². The van der Waals surface area contributed by atoms with Crippen LogP contribution in [0.2, 0.25) is 0 Å². The van der Waals surface area contributed by atoms with Gasteiger partial charge in [0.05, 0.1) is 11.9 Å². The molecule has 0 bridgehead atoms. The molecule has 0 aliphatic heterocycles. The van der Waals surface area contributed by atoms with Crippen LogP contribution in [-0.4, -0.2) is 19.1 Å². The second-order valence-electron chi connectivity index (χ2n) is 3.47. The van der Waals surface area contributed by atoms with Crippen LogP contribution in [0, 0.1) is 0 Å². The predicted octanol–water partition coefficient (Wildman–Crippen LogP) is 0.816. The van der Waals surface area contributed by atoms with Crippen molar-refractivity contribution < 1.29 is 0 Å². The first kappa shape index (κ1) is 12.4. The van der Waals surface area contributed by atoms with Gasteiger partial charge in [-0.15, -0.1) is 0 Å². The van der Waals surface area contributed by atoms with Crippen LogP contribution in [0.25, 0.3) is 11.2 Å². The molecule has 0 radical (unpaired) electrons. The first-order chi connectivity index (χ1) is 7.93. The zero-order valence-electron chi connectivity index (χ0n) is 9.02. The Morgan fingerprint density at radius 1 is 1.24 bits per heavy atom. The summed E-state index contributed by atoms with van der Waals surface area (Å²) in [6.45, 7) is 0. The Labute approximate surface area is 113 Å². The molecule has 0 aliphatic carbocycles. The van der Waals surface area contributed by atoms with E-state index < -0.39 is 11.2 Å². The molecular weight excluding hydrogens is 356 g/mol. The van der Waals surface area contributed by atoms with Crippen molar-refractivity contribution >= 4 is 43.0 Å². The zero-order valence-corrected chi connectivity index (χ0v) is 12.2. The summed E-state index contributed by atoms with van der Waals surface area (Å²) in [7, 11) is 2.97. The van der Waals surface area contributed by atoms with Gasteiger partial charge in [-0.2, -0.15) is 0 Å². The number of nitrogens with zero attached hydrogens (tertiary/aromatic N) is 4. The Hall–Kier alpha value is -1.02. The van der Waals surface area contributed by atoms with E-state index in [-0.39, 0.29) is 14.9 Å². The van der Waals surface area contributed by atoms with Crippen LogP contribution in [0.3, 0.4) is 0 Å². The van der Waals surface area contributed by atoms with Gasteiger partial charge in [0.15, 0.2) is 11.2 Å². The topological polar surface area (TPSA) is 69.8 Å². The lowest BCUT2D eigenvalue weighted by Crippen LogP contribution is -2.37. The van der Waals surface area contributed by atoms with Crippen LogP contribution in [-0.2, 0) is 14.1 Å². The van der Waals surface area contributed by atoms with Gasteiger partial charge in [0.1, 0.15) is 3.74 Å². The van der Waals surface area contributed by atoms with E-state index in [9.17, 15) is 9.59 Å². The molecule has 0 unspecified atom stereocenters. The average Bonchev–Trinajstić information content (AvgIpc) is 2.32. The van der Waals surface area contributed by atoms with E-state index in [1.807, 2.05) is 0 Å². The van der Waals surface area contributed by atoms with Crippen molar-refractivity contribution in [1.29, 1.82) is 0 Å². The fourth-order valence-corrected chi connectivity index (χ4v) is 1.88. The Morgan fingerprint density at radius 2 is 1.88 bits per heavy atom. The molecule has 0 saturated heterocycles. The molecule has 8 heteroatoms. The highest BCUT2D eigenvalue weighted by molar-refractivity contribution is 9.24. The third kappa shape index (κ3) is 1.95. The molecule has 17 heavy (non-hydrogen) atoms. The number of rotatable bonds is 1. The van der Waals surface area contributed by atoms with E-state index in [2.05, 4.69) is 41.8 Å². The van der Waals surface area contributed by atoms with E-state index in [1.165, 1.54) is 17.8 Å². The van der Waals surface area contributed by atoms with Crippen molar-refractivity contribution in [2.75, 3.05) is 0 Å². The Morgan fingerprint density at radius 3 is 2.47 bits per heavy atom. The van der Waals surface area contributed by atoms with Crippen molar-refractivity contribution in [3.63, 3.8) is 0 Å². The summed E-state index contributed by atoms with van der Waals surface area (Å²) in [4.78, 5) is 31.8. The van der Waals surface area contributed by atoms with Crippen molar-refractivity contribution in [1.82, 2.24) is 19.1 Å². The molecule has 0 spiro atoms. The maximum absolute atomic E-state index is 11.8. The van der Waals surface area contributed by atoms with Crippen molar-refractivity contribution in [2.24, 2.45) is 14.1 Å². The highest BCUT2D eigenvalue weighted by Crippen LogP contribution is 2.27. The predicted molar refractivity (Wildman–Crippen MR) is 70.6 cm³/mol. The van der Waals surface area contributed by atoms with Crippen molar-refractivity contribution in [3.8, 4) is 0 Å². The minimum Gasteiger partial charge on any atom is -0.279 e. The van der Waals surface area contributed by atoms with E-state index in [1.54, 1.807) is 7.05 Å². The van der Waals surface area contributed by atoms with Gasteiger partial charge in [-0.05, 0) is 0 Å². The molecule has 0 saturated carbocycles. The Bertz CT molecular complexity index is 704. The molecule has 2 rings (SSSR count). The van der Waals surface area contributed by atoms with Gasteiger partial charge in [0.25, 0.3) is 5.56 Å². The van der Waals surface area contributed by atoms with Gasteiger partial charge in [0.2, 0.25) is 0 Å². The highest BCUT2D eigenvalue weighted by Gasteiger charge is 2.13. The van der Waals surface area contributed by atoms with E-state index in [4.69, 9.17) is 0 Å². The molecule has 0 aromatic carbocycles. The monoisotopic (exact) mass is 362 g/mol. The summed E-state index contributed by atoms with van der Waals surface area (Å²) >= 11 is 6.58. The smallest absolute Gasteiger partial charge is 0.279 e. The number of aryl methyl sites for hydroxylation is 1. The minimum absolute atomic E-state index is 0.175. The quantitative estimate of drug-likeness (QED) is 0.703. The maximum Gasteiger partial charge on any atom is 0.332 e. The van der Waals surface area contributed by atoms with Crippen LogP contribution < -0.4 is 11.2 Å². The van der Waals surface area contributed by atoms with Crippen LogP contribution in [0.4, 0.5) is 0 Å². The van der Waals surface area contributed by atoms with E-state index in [0.717, 1.165) is 4.57 Å². The number of aromatic nitrogens is 4. The van der Waals surface area contributed by atoms with Gasteiger partial charge in [-0.1, -0.05) is 31.9 Å². The summed E-state index contributed by atoms with van der Waals surface area (Å²) in [6, 6.07) is 0. The normalized spacial score (nSPS) is 11.4. The van der Waals surface area contributed by atoms with Gasteiger partial charge < -0.3 is 0 Å². The van der Waals surface area contributed by atoms with Crippen LogP contribution in [0.5, 0.6) is 0 Å². The van der Waals surface area contributed by atoms with E-state index >= 15 is 0 Å². The maximum atomic E-state index is 11.8. The SMILES string of the molecule is Cn1c(=O)c2ncc(C(Br)Br)nc2n(C)c1=O. The van der Waals surface area contributed by atoms with Crippen LogP contribution in [0.1, 0.15) is 9.43 Å². The minimum atomic E-state index is -0.442. The molecule has 2 aromatic rings. The lowest BCUT2D eigenvalue weighted by atomic mass is 10.4. The summed E-state index contributed by atoms with van der Waals surface area (Å²) in [5.74, 6) is 0. The van der Waals surface area contributed by atoms with Crippen molar-refractivity contribution in [3.05, 3.63) is 32.7 Å². The molecule has 0 fully saturated rings. The molecule has 0 atom stereocenters. The van der Waals surface area contributed by atoms with Gasteiger partial charge in [-0.25, -0.2) is 14.8 Å². The summed E-state index contributed by atoms with van der Waals surface area (Å²) < 4.78 is 2.14. The Balaban J connectivity index is 2.97. The summed E-state index contributed by atoms with van der Waals surface area (Å²) in [6.07, 6.45) is 1.49. The summed E-state index contributed by atoms with van der Waals surface area (Å²) in [5.41, 5.74) is 0.191. The standard InChI is InChI=1S/C9H8Br2N4O2/c1-14-7-5(8(16)15(2)9(14)17)12-3-4(13-7)6(10)11/h3,6H,1-2H3. The fraction of sp³-hybridized carbons (Fsp3) is 0.333. The second-order valence-corrected chi connectivity index (χ2v) is 6.53. The summed E-state index contributed by atoms with van der Waals surface area (Å²) in [5, 5.41) is 0. The number of hydrogen-bond donors (Lipinski definition) is 0. The van der Waals surface area contributed by atoms with Crippen molar-refractivity contribution in [2.45, 2.75) is 3.74 Å². The lowest BCUT2D eigenvalue weighted by molar-refractivity contribution is 0.703. The van der Waals surface area contributed by atoms with Gasteiger partial charge in [-0.3, -0.25) is 13.9 Å². The molecule has 0 N–H and O–H groups in total. The number of alkyl halides is 2. The molecular formula is C9H8Br2N4O2. The largest absolute Gasteiger partial charge is 0.332 e. The molecule has 0 amide bonds. The van der Waals surface area contributed by atoms with Crippen LogP contribution in [0.15, 0.2) is 15.8 Å². The first-order valence-corrected chi connectivity index (χ1v) is 6.47. The number of halogens is 2. The lowest BCUT2D eigenvalue weighted by Gasteiger charge is -2.07. The van der Waals surface area contributed by atoms with Gasteiger partial charge >= 0.3 is 5.69 Å². The number of hydrogen-bond acceptors (Lipinski definition) is 4. The second kappa shape index (κ2) is 4.34. The highest BCUT2D eigenvalue weighted by atomic mass is 79.9. The molecule has 0 aliphatic rings. The van der Waals surface area contributed by atoms with Gasteiger partial charge in [0, 0.05) is 14.1 Å². The molecule has 2 heterocycles. The Kier molecular flexibility index (Phi) is 3.17. The average molecular weight is 364 g/mol. The molecule has 2 aromatic heterocycles. The first-order valence-electron chi connectivity index (χ1n) is 4.64. The fourth-order valence-electron chi connectivity index (χ4n) is 1.44. The molecule has 6 nitrogen and oxygen atoms in total. The molecule has 90 valence electrons. The number of fused-ring (bicyclic) bond motifs is 1. The zero-order chi connectivity index (χ0) is 12.7. The third-order valence-corrected chi connectivity index (χ3v) is 3.33.